The third-order valence-corrected chi connectivity index (χ3v) is 6.14. The van der Waals surface area contributed by atoms with Gasteiger partial charge < -0.3 is 24.8 Å². The summed E-state index contributed by atoms with van der Waals surface area (Å²) in [5, 5.41) is 0. The van der Waals surface area contributed by atoms with Crippen molar-refractivity contribution >= 4 is 23.8 Å². The second-order valence-electron chi connectivity index (χ2n) is 9.36. The van der Waals surface area contributed by atoms with Gasteiger partial charge in [-0.2, -0.15) is 0 Å². The molecule has 0 atom stereocenters. The minimum Gasteiger partial charge on any atom is -1.00 e. The average molecular weight is 590 g/mol. The third kappa shape index (κ3) is 10.3. The molecule has 0 aliphatic rings. The molecule has 0 aliphatic carbocycles. The minimum atomic E-state index is 0. The predicted molar refractivity (Wildman–Crippen MR) is 152 cm³/mol. The molecule has 1 heterocycles. The van der Waals surface area contributed by atoms with E-state index in [9.17, 15) is 0 Å². The van der Waals surface area contributed by atoms with E-state index in [2.05, 4.69) is 83.1 Å². The van der Waals surface area contributed by atoms with Crippen LogP contribution in [-0.4, -0.2) is 17.4 Å². The van der Waals surface area contributed by atoms with E-state index in [1.807, 2.05) is 12.4 Å². The van der Waals surface area contributed by atoms with Crippen LogP contribution in [0.25, 0.3) is 0 Å². The smallest absolute Gasteiger partial charge is 1.00 e. The zero-order valence-electron chi connectivity index (χ0n) is 23.5. The SMILES string of the molecule is CCCc1cccc(CCC)c1N=Cc1cc(C)cc(C=Nc2c(CCC)cccc2CCC)n1.[Cl-].[Cl-].[V+2]. The van der Waals surface area contributed by atoms with Gasteiger partial charge in [0.1, 0.15) is 0 Å². The summed E-state index contributed by atoms with van der Waals surface area (Å²) in [6.07, 6.45) is 12.5. The summed E-state index contributed by atoms with van der Waals surface area (Å²) < 4.78 is 0. The van der Waals surface area contributed by atoms with Gasteiger partial charge in [-0.25, -0.2) is 4.98 Å². The molecule has 0 N–H and O–H groups in total. The van der Waals surface area contributed by atoms with Crippen LogP contribution >= 0.6 is 0 Å². The molecule has 0 bridgehead atoms. The Balaban J connectivity index is 0.00000456. The number of pyridine rings is 1. The van der Waals surface area contributed by atoms with E-state index in [1.165, 1.54) is 22.3 Å². The number of nitrogens with zero attached hydrogens (tertiary/aromatic N) is 3. The summed E-state index contributed by atoms with van der Waals surface area (Å²) in [6, 6.07) is 17.3. The Hall–Kier alpha value is -1.91. The Labute approximate surface area is 254 Å². The largest absolute Gasteiger partial charge is 2.00 e. The third-order valence-electron chi connectivity index (χ3n) is 6.14. The first-order chi connectivity index (χ1) is 17.1. The van der Waals surface area contributed by atoms with Gasteiger partial charge in [0.25, 0.3) is 0 Å². The van der Waals surface area contributed by atoms with Crippen molar-refractivity contribution < 1.29 is 43.4 Å². The maximum Gasteiger partial charge on any atom is 2.00 e. The second-order valence-corrected chi connectivity index (χ2v) is 9.36. The fourth-order valence-corrected chi connectivity index (χ4v) is 4.62. The Bertz CT molecular complexity index is 1040. The first-order valence-electron chi connectivity index (χ1n) is 13.4. The Morgan fingerprint density at radius 2 is 0.921 bits per heavy atom. The van der Waals surface area contributed by atoms with E-state index in [1.54, 1.807) is 0 Å². The van der Waals surface area contributed by atoms with Crippen LogP contribution in [0.1, 0.15) is 92.6 Å². The molecule has 3 nitrogen and oxygen atoms in total. The van der Waals surface area contributed by atoms with E-state index >= 15 is 0 Å². The van der Waals surface area contributed by atoms with Gasteiger partial charge in [-0.05, 0) is 72.6 Å². The molecule has 0 fully saturated rings. The number of aromatic nitrogens is 1. The van der Waals surface area contributed by atoms with E-state index in [4.69, 9.17) is 15.0 Å². The van der Waals surface area contributed by atoms with Crippen molar-refractivity contribution in [3.63, 3.8) is 0 Å². The van der Waals surface area contributed by atoms with Crippen LogP contribution in [0.4, 0.5) is 11.4 Å². The van der Waals surface area contributed by atoms with Crippen molar-refractivity contribution in [3.05, 3.63) is 87.7 Å². The van der Waals surface area contributed by atoms with Gasteiger partial charge in [0.15, 0.2) is 0 Å². The summed E-state index contributed by atoms with van der Waals surface area (Å²) in [7, 11) is 0. The topological polar surface area (TPSA) is 37.6 Å². The quantitative estimate of drug-likeness (QED) is 0.300. The van der Waals surface area contributed by atoms with E-state index in [0.29, 0.717) is 0 Å². The minimum absolute atomic E-state index is 0. The van der Waals surface area contributed by atoms with Crippen molar-refractivity contribution in [3.8, 4) is 0 Å². The summed E-state index contributed by atoms with van der Waals surface area (Å²) in [5.74, 6) is 0. The van der Waals surface area contributed by atoms with Crippen LogP contribution in [0.3, 0.4) is 0 Å². The first-order valence-corrected chi connectivity index (χ1v) is 13.4. The number of aliphatic imine (C=N–C) groups is 2. The second kappa shape index (κ2) is 19.2. The van der Waals surface area contributed by atoms with Gasteiger partial charge in [-0.1, -0.05) is 89.8 Å². The van der Waals surface area contributed by atoms with Crippen molar-refractivity contribution in [1.29, 1.82) is 0 Å². The molecule has 0 saturated heterocycles. The molecule has 0 aliphatic heterocycles. The number of hydrogen-bond donors (Lipinski definition) is 0. The summed E-state index contributed by atoms with van der Waals surface area (Å²) in [5.41, 5.74) is 10.4. The van der Waals surface area contributed by atoms with E-state index in [0.717, 1.165) is 79.7 Å². The summed E-state index contributed by atoms with van der Waals surface area (Å²) >= 11 is 0. The number of halogens is 2. The predicted octanol–water partition coefficient (Wildman–Crippen LogP) is 2.71. The molecule has 0 amide bonds. The molecule has 38 heavy (non-hydrogen) atoms. The van der Waals surface area contributed by atoms with Crippen molar-refractivity contribution in [1.82, 2.24) is 4.98 Å². The number of hydrogen-bond acceptors (Lipinski definition) is 3. The van der Waals surface area contributed by atoms with Gasteiger partial charge in [0.05, 0.1) is 35.2 Å². The van der Waals surface area contributed by atoms with Crippen LogP contribution in [-0.2, 0) is 44.2 Å². The molecular weight excluding hydrogens is 548 g/mol. The summed E-state index contributed by atoms with van der Waals surface area (Å²) in [4.78, 5) is 14.8. The molecule has 0 unspecified atom stereocenters. The number of para-hydroxylation sites is 2. The molecule has 6 heteroatoms. The van der Waals surface area contributed by atoms with Gasteiger partial charge in [0.2, 0.25) is 0 Å². The van der Waals surface area contributed by atoms with Gasteiger partial charge in [-0.3, -0.25) is 9.98 Å². The zero-order valence-corrected chi connectivity index (χ0v) is 26.4. The molecule has 0 saturated carbocycles. The van der Waals surface area contributed by atoms with E-state index < -0.39 is 0 Å². The van der Waals surface area contributed by atoms with Gasteiger partial charge in [0, 0.05) is 0 Å². The zero-order chi connectivity index (χ0) is 25.0. The van der Waals surface area contributed by atoms with Crippen molar-refractivity contribution in [2.45, 2.75) is 86.0 Å². The maximum absolute atomic E-state index is 4.96. The van der Waals surface area contributed by atoms with E-state index in [-0.39, 0.29) is 43.4 Å². The number of rotatable bonds is 12. The Morgan fingerprint density at radius 1 is 0.605 bits per heavy atom. The van der Waals surface area contributed by atoms with Crippen LogP contribution in [0.15, 0.2) is 58.5 Å². The standard InChI is InChI=1S/C32H41N3.2ClH.V/c1-6-12-25-16-10-17-26(13-7-2)31(25)33-22-29-20-24(5)21-30(35-29)23-34-32-27(14-8-3)18-11-19-28(32)15-9-4;;;/h10-11,16-23H,6-9,12-15H2,1-5H3;2*1H;/q;;;+2/p-2. The average Bonchev–Trinajstić information content (AvgIpc) is 2.84. The molecular formula is C32H41Cl2N3V. The molecule has 1 radical (unpaired) electrons. The number of benzene rings is 2. The first kappa shape index (κ1) is 36.1. The van der Waals surface area contributed by atoms with Gasteiger partial charge >= 0.3 is 18.6 Å². The Kier molecular flexibility index (Phi) is 18.2. The molecule has 3 aromatic rings. The van der Waals surface area contributed by atoms with Crippen LogP contribution in [0, 0.1) is 6.92 Å². The van der Waals surface area contributed by atoms with Crippen LogP contribution in [0.2, 0.25) is 0 Å². The Morgan fingerprint density at radius 3 is 1.21 bits per heavy atom. The molecule has 203 valence electrons. The summed E-state index contributed by atoms with van der Waals surface area (Å²) in [6.45, 7) is 11.0. The number of aryl methyl sites for hydroxylation is 5. The molecule has 1 aromatic heterocycles. The van der Waals surface area contributed by atoms with Crippen LogP contribution in [0.5, 0.6) is 0 Å². The van der Waals surface area contributed by atoms with Crippen LogP contribution < -0.4 is 24.8 Å². The molecule has 2 aromatic carbocycles. The fraction of sp³-hybridized carbons (Fsp3) is 0.406. The fourth-order valence-electron chi connectivity index (χ4n) is 4.62. The molecule has 0 spiro atoms. The van der Waals surface area contributed by atoms with Gasteiger partial charge in [-0.15, -0.1) is 0 Å². The maximum atomic E-state index is 4.96. The normalized spacial score (nSPS) is 10.8. The van der Waals surface area contributed by atoms with Crippen molar-refractivity contribution in [2.75, 3.05) is 0 Å². The van der Waals surface area contributed by atoms with Crippen molar-refractivity contribution in [2.24, 2.45) is 9.98 Å². The monoisotopic (exact) mass is 588 g/mol. The molecule has 3 rings (SSSR count).